The van der Waals surface area contributed by atoms with Crippen molar-refractivity contribution in [2.75, 3.05) is 12.4 Å². The number of amides is 1. The molecule has 0 spiro atoms. The summed E-state index contributed by atoms with van der Waals surface area (Å²) in [6, 6.07) is 10.1. The minimum absolute atomic E-state index is 0.0455. The van der Waals surface area contributed by atoms with E-state index in [-0.39, 0.29) is 28.5 Å². The van der Waals surface area contributed by atoms with Crippen LogP contribution in [0, 0.1) is 30.3 Å². The van der Waals surface area contributed by atoms with E-state index in [4.69, 9.17) is 9.15 Å². The first-order valence-electron chi connectivity index (χ1n) is 8.38. The van der Waals surface area contributed by atoms with Crippen LogP contribution in [0.5, 0.6) is 5.75 Å². The van der Waals surface area contributed by atoms with Gasteiger partial charge in [0.05, 0.1) is 33.1 Å². The maximum Gasteiger partial charge on any atom is 0.320 e. The monoisotopic (exact) mass is 428 g/mol. The number of carbonyl (C=O) groups is 1. The number of rotatable bonds is 7. The van der Waals surface area contributed by atoms with Crippen LogP contribution >= 0.6 is 0 Å². The van der Waals surface area contributed by atoms with Gasteiger partial charge in [-0.2, -0.15) is 0 Å². The number of ether oxygens (including phenoxy) is 1. The van der Waals surface area contributed by atoms with E-state index >= 15 is 0 Å². The molecule has 1 amide bonds. The maximum atomic E-state index is 12.5. The highest BCUT2D eigenvalue weighted by molar-refractivity contribution is 6.03. The van der Waals surface area contributed by atoms with Crippen molar-refractivity contribution in [2.24, 2.45) is 0 Å². The lowest BCUT2D eigenvalue weighted by Crippen LogP contribution is -2.11. The Morgan fingerprint density at radius 1 is 0.903 bits per heavy atom. The van der Waals surface area contributed by atoms with Gasteiger partial charge in [-0.05, 0) is 18.2 Å². The lowest BCUT2D eigenvalue weighted by Gasteiger charge is -2.07. The van der Waals surface area contributed by atoms with Crippen molar-refractivity contribution >= 4 is 28.7 Å². The van der Waals surface area contributed by atoms with Gasteiger partial charge in [0.2, 0.25) is 0 Å². The Labute approximate surface area is 172 Å². The van der Waals surface area contributed by atoms with Gasteiger partial charge in [-0.1, -0.05) is 12.1 Å². The molecule has 0 bridgehead atoms. The minimum Gasteiger partial charge on any atom is -0.485 e. The van der Waals surface area contributed by atoms with E-state index in [9.17, 15) is 35.1 Å². The van der Waals surface area contributed by atoms with Gasteiger partial charge in [-0.15, -0.1) is 0 Å². The molecule has 0 aliphatic carbocycles. The summed E-state index contributed by atoms with van der Waals surface area (Å²) < 4.78 is 10.1. The summed E-state index contributed by atoms with van der Waals surface area (Å²) in [7, 11) is 1.04. The molecule has 0 aliphatic heterocycles. The molecule has 158 valence electrons. The average molecular weight is 428 g/mol. The van der Waals surface area contributed by atoms with Crippen molar-refractivity contribution in [3.63, 3.8) is 0 Å². The van der Waals surface area contributed by atoms with Crippen LogP contribution < -0.4 is 10.1 Å². The third-order valence-corrected chi connectivity index (χ3v) is 4.10. The molecule has 0 unspecified atom stereocenters. The summed E-state index contributed by atoms with van der Waals surface area (Å²) in [5, 5.41) is 35.9. The predicted molar refractivity (Wildman–Crippen MR) is 105 cm³/mol. The summed E-state index contributed by atoms with van der Waals surface area (Å²) in [5.74, 6) is -1.67. The average Bonchev–Trinajstić information content (AvgIpc) is 3.23. The first kappa shape index (κ1) is 20.9. The first-order valence-corrected chi connectivity index (χ1v) is 8.38. The van der Waals surface area contributed by atoms with E-state index in [0.717, 1.165) is 19.2 Å². The Balaban J connectivity index is 1.94. The summed E-state index contributed by atoms with van der Waals surface area (Å²) >= 11 is 0. The number of benzene rings is 2. The molecule has 0 aliphatic rings. The standard InChI is InChI=1S/C18H12N4O9/c1-30-17-13(21(26)27)8-10(9-14(17)22(28)29)19-18(23)16-7-6-15(31-16)11-4-2-3-5-12(11)20(24)25/h2-9H,1H3,(H,19,23). The molecule has 3 aromatic rings. The van der Waals surface area contributed by atoms with Crippen molar-refractivity contribution < 1.29 is 28.7 Å². The van der Waals surface area contributed by atoms with Gasteiger partial charge >= 0.3 is 11.4 Å². The number of furan rings is 1. The Kier molecular flexibility index (Phi) is 5.59. The third kappa shape index (κ3) is 4.14. The van der Waals surface area contributed by atoms with Gasteiger partial charge in [0, 0.05) is 18.2 Å². The van der Waals surface area contributed by atoms with E-state index in [1.54, 1.807) is 6.07 Å². The van der Waals surface area contributed by atoms with Crippen LogP contribution in [0.25, 0.3) is 11.3 Å². The quantitative estimate of drug-likeness (QED) is 0.430. The Morgan fingerprint density at radius 3 is 2.03 bits per heavy atom. The molecule has 13 nitrogen and oxygen atoms in total. The molecular formula is C18H12N4O9. The topological polar surface area (TPSA) is 181 Å². The van der Waals surface area contributed by atoms with Crippen LogP contribution in [0.3, 0.4) is 0 Å². The zero-order valence-electron chi connectivity index (χ0n) is 15.6. The SMILES string of the molecule is COc1c([N+](=O)[O-])cc(NC(=O)c2ccc(-c3ccccc3[N+](=O)[O-])o2)cc1[N+](=O)[O-]. The number of carbonyl (C=O) groups excluding carboxylic acids is 1. The molecule has 1 N–H and O–H groups in total. The minimum atomic E-state index is -0.888. The molecule has 1 heterocycles. The van der Waals surface area contributed by atoms with Crippen molar-refractivity contribution in [3.05, 3.63) is 84.6 Å². The fourth-order valence-corrected chi connectivity index (χ4v) is 2.79. The second-order valence-electron chi connectivity index (χ2n) is 5.95. The summed E-state index contributed by atoms with van der Waals surface area (Å²) in [6.45, 7) is 0. The molecule has 0 fully saturated rings. The Morgan fingerprint density at radius 2 is 1.48 bits per heavy atom. The van der Waals surface area contributed by atoms with E-state index in [1.807, 2.05) is 0 Å². The molecule has 3 rings (SSSR count). The lowest BCUT2D eigenvalue weighted by atomic mass is 10.1. The fraction of sp³-hybridized carbons (Fsp3) is 0.0556. The maximum absolute atomic E-state index is 12.5. The summed E-state index contributed by atoms with van der Waals surface area (Å²) in [4.78, 5) is 43.7. The van der Waals surface area contributed by atoms with Crippen LogP contribution in [0.1, 0.15) is 10.6 Å². The van der Waals surface area contributed by atoms with E-state index in [0.29, 0.717) is 0 Å². The zero-order valence-corrected chi connectivity index (χ0v) is 15.6. The molecular weight excluding hydrogens is 416 g/mol. The van der Waals surface area contributed by atoms with Gasteiger partial charge in [0.15, 0.2) is 5.76 Å². The van der Waals surface area contributed by atoms with Gasteiger partial charge in [0.25, 0.3) is 17.3 Å². The number of methoxy groups -OCH3 is 1. The fourth-order valence-electron chi connectivity index (χ4n) is 2.79. The first-order chi connectivity index (χ1) is 14.7. The third-order valence-electron chi connectivity index (χ3n) is 4.10. The number of anilines is 1. The number of nitrogens with zero attached hydrogens (tertiary/aromatic N) is 3. The van der Waals surface area contributed by atoms with Gasteiger partial charge in [-0.25, -0.2) is 0 Å². The predicted octanol–water partition coefficient (Wildman–Crippen LogP) is 3.93. The summed E-state index contributed by atoms with van der Waals surface area (Å²) in [6.07, 6.45) is 0. The number of nitro groups is 3. The molecule has 2 aromatic carbocycles. The normalized spacial score (nSPS) is 10.4. The number of nitro benzene ring substituents is 3. The summed E-state index contributed by atoms with van der Waals surface area (Å²) in [5.41, 5.74) is -1.76. The number of nitrogens with one attached hydrogen (secondary N) is 1. The number of hydrogen-bond donors (Lipinski definition) is 1. The number of hydrogen-bond acceptors (Lipinski definition) is 9. The van der Waals surface area contributed by atoms with E-state index < -0.39 is 37.8 Å². The number of para-hydroxylation sites is 1. The lowest BCUT2D eigenvalue weighted by molar-refractivity contribution is -0.395. The van der Waals surface area contributed by atoms with E-state index in [2.05, 4.69) is 5.32 Å². The molecule has 0 saturated carbocycles. The highest BCUT2D eigenvalue weighted by atomic mass is 16.6. The smallest absolute Gasteiger partial charge is 0.320 e. The van der Waals surface area contributed by atoms with Gasteiger partial charge in [-0.3, -0.25) is 35.1 Å². The molecule has 13 heteroatoms. The Hall–Kier alpha value is -4.81. The highest BCUT2D eigenvalue weighted by Gasteiger charge is 2.29. The Bertz CT molecular complexity index is 1180. The zero-order chi connectivity index (χ0) is 22.7. The second kappa shape index (κ2) is 8.28. The van der Waals surface area contributed by atoms with Crippen molar-refractivity contribution in [2.45, 2.75) is 0 Å². The van der Waals surface area contributed by atoms with Crippen LogP contribution in [-0.2, 0) is 0 Å². The van der Waals surface area contributed by atoms with Crippen LogP contribution in [-0.4, -0.2) is 27.8 Å². The van der Waals surface area contributed by atoms with Crippen LogP contribution in [0.15, 0.2) is 52.9 Å². The molecule has 31 heavy (non-hydrogen) atoms. The van der Waals surface area contributed by atoms with Crippen molar-refractivity contribution in [1.29, 1.82) is 0 Å². The largest absolute Gasteiger partial charge is 0.485 e. The highest BCUT2D eigenvalue weighted by Crippen LogP contribution is 2.39. The molecule has 0 atom stereocenters. The van der Waals surface area contributed by atoms with Crippen LogP contribution in [0.2, 0.25) is 0 Å². The van der Waals surface area contributed by atoms with E-state index in [1.165, 1.54) is 30.3 Å². The van der Waals surface area contributed by atoms with Crippen LogP contribution in [0.4, 0.5) is 22.7 Å². The molecule has 0 saturated heterocycles. The van der Waals surface area contributed by atoms with Gasteiger partial charge in [0.1, 0.15) is 5.76 Å². The molecule has 1 aromatic heterocycles. The van der Waals surface area contributed by atoms with Crippen molar-refractivity contribution in [1.82, 2.24) is 0 Å². The second-order valence-corrected chi connectivity index (χ2v) is 5.95. The van der Waals surface area contributed by atoms with Gasteiger partial charge < -0.3 is 14.5 Å². The van der Waals surface area contributed by atoms with Crippen molar-refractivity contribution in [3.8, 4) is 17.1 Å². The molecule has 0 radical (unpaired) electrons.